The Bertz CT molecular complexity index is 347. The highest BCUT2D eigenvalue weighted by molar-refractivity contribution is 5.15. The van der Waals surface area contributed by atoms with E-state index in [1.54, 1.807) is 0 Å². The maximum absolute atomic E-state index is 3.41. The normalized spacial score (nSPS) is 10.5. The lowest BCUT2D eigenvalue weighted by atomic mass is 10.2. The van der Waals surface area contributed by atoms with Gasteiger partial charge in [-0.3, -0.25) is 0 Å². The van der Waals surface area contributed by atoms with E-state index in [-0.39, 0.29) is 0 Å². The van der Waals surface area contributed by atoms with E-state index in [1.165, 1.54) is 24.0 Å². The number of rotatable bonds is 6. The molecule has 0 spiro atoms. The van der Waals surface area contributed by atoms with Gasteiger partial charge in [-0.2, -0.15) is 0 Å². The molecule has 0 saturated carbocycles. The summed E-state index contributed by atoms with van der Waals surface area (Å²) in [6.07, 6.45) is 8.89. The Labute approximate surface area is 133 Å². The predicted octanol–water partition coefficient (Wildman–Crippen LogP) is 6.13. The maximum Gasteiger partial charge on any atom is 0.0208 e. The Hall–Kier alpha value is -1.34. The summed E-state index contributed by atoms with van der Waals surface area (Å²) in [4.78, 5) is 0. The third-order valence-electron chi connectivity index (χ3n) is 2.65. The van der Waals surface area contributed by atoms with Crippen LogP contribution in [0, 0.1) is 0 Å². The van der Waals surface area contributed by atoms with Crippen LogP contribution in [0.3, 0.4) is 0 Å². The van der Waals surface area contributed by atoms with Gasteiger partial charge in [-0.05, 0) is 19.4 Å². The molecule has 0 amide bonds. The summed E-state index contributed by atoms with van der Waals surface area (Å²) >= 11 is 0. The summed E-state index contributed by atoms with van der Waals surface area (Å²) in [5.74, 6) is 0. The summed E-state index contributed by atoms with van der Waals surface area (Å²) in [5.41, 5.74) is 2.68. The molecule has 1 aromatic carbocycles. The lowest BCUT2D eigenvalue weighted by molar-refractivity contribution is 0.740. The lowest BCUT2D eigenvalue weighted by Gasteiger charge is -2.04. The molecule has 0 aliphatic carbocycles. The Morgan fingerprint density at radius 3 is 2.10 bits per heavy atom. The first-order valence-electron chi connectivity index (χ1n) is 8.27. The van der Waals surface area contributed by atoms with Crippen molar-refractivity contribution in [3.8, 4) is 0 Å². The van der Waals surface area contributed by atoms with Crippen LogP contribution < -0.4 is 5.32 Å². The van der Waals surface area contributed by atoms with Gasteiger partial charge in [-0.15, -0.1) is 0 Å². The zero-order valence-electron chi connectivity index (χ0n) is 14.9. The van der Waals surface area contributed by atoms with Crippen molar-refractivity contribution >= 4 is 0 Å². The maximum atomic E-state index is 3.41. The van der Waals surface area contributed by atoms with Gasteiger partial charge in [0.05, 0.1) is 0 Å². The van der Waals surface area contributed by atoms with Gasteiger partial charge in [0.15, 0.2) is 0 Å². The van der Waals surface area contributed by atoms with Gasteiger partial charge in [0.25, 0.3) is 0 Å². The number of nitrogens with one attached hydrogen (secondary N) is 1. The first-order valence-corrected chi connectivity index (χ1v) is 8.27. The minimum atomic E-state index is 0.932. The highest BCUT2D eigenvalue weighted by atomic mass is 14.8. The second kappa shape index (κ2) is 18.7. The van der Waals surface area contributed by atoms with Crippen LogP contribution in [0.25, 0.3) is 0 Å². The van der Waals surface area contributed by atoms with E-state index < -0.39 is 0 Å². The van der Waals surface area contributed by atoms with Crippen LogP contribution in [0.15, 0.2) is 54.1 Å². The average Bonchev–Trinajstić information content (AvgIpc) is 2.56. The largest absolute Gasteiger partial charge is 0.309 e. The number of unbranched alkanes of at least 4 members (excludes halogenated alkanes) is 1. The van der Waals surface area contributed by atoms with Gasteiger partial charge in [-0.25, -0.2) is 0 Å². The summed E-state index contributed by atoms with van der Waals surface area (Å²) in [6, 6.07) is 10.5. The molecule has 1 aromatic rings. The fraction of sp³-hybridized carbons (Fsp3) is 0.500. The van der Waals surface area contributed by atoms with Crippen molar-refractivity contribution in [2.75, 3.05) is 6.54 Å². The third kappa shape index (κ3) is 16.6. The zero-order valence-corrected chi connectivity index (χ0v) is 14.9. The van der Waals surface area contributed by atoms with E-state index >= 15 is 0 Å². The van der Waals surface area contributed by atoms with E-state index in [9.17, 15) is 0 Å². The van der Waals surface area contributed by atoms with Crippen molar-refractivity contribution in [3.63, 3.8) is 0 Å². The van der Waals surface area contributed by atoms with Crippen molar-refractivity contribution < 1.29 is 0 Å². The molecule has 1 nitrogen and oxygen atoms in total. The number of hydrogen-bond donors (Lipinski definition) is 1. The molecule has 0 radical (unpaired) electrons. The molecule has 21 heavy (non-hydrogen) atoms. The van der Waals surface area contributed by atoms with Gasteiger partial charge in [-0.1, -0.05) is 94.7 Å². The van der Waals surface area contributed by atoms with Gasteiger partial charge in [0.1, 0.15) is 0 Å². The molecule has 0 bridgehead atoms. The Morgan fingerprint density at radius 2 is 1.62 bits per heavy atom. The third-order valence-corrected chi connectivity index (χ3v) is 2.65. The second-order valence-corrected chi connectivity index (χ2v) is 4.63. The summed E-state index contributed by atoms with van der Waals surface area (Å²) in [6.45, 7) is 14.4. The van der Waals surface area contributed by atoms with Gasteiger partial charge in [0, 0.05) is 13.1 Å². The van der Waals surface area contributed by atoms with E-state index in [4.69, 9.17) is 0 Å². The molecule has 1 N–H and O–H groups in total. The zero-order chi connectivity index (χ0) is 16.3. The number of benzene rings is 1. The van der Waals surface area contributed by atoms with Crippen LogP contribution in [0.2, 0.25) is 0 Å². The van der Waals surface area contributed by atoms with Crippen LogP contribution in [-0.4, -0.2) is 6.54 Å². The van der Waals surface area contributed by atoms with Crippen LogP contribution in [0.1, 0.15) is 59.9 Å². The van der Waals surface area contributed by atoms with E-state index in [0.29, 0.717) is 0 Å². The van der Waals surface area contributed by atoms with Crippen molar-refractivity contribution in [2.24, 2.45) is 0 Å². The molecular weight excluding hydrogens is 254 g/mol. The fourth-order valence-corrected chi connectivity index (χ4v) is 1.32. The highest BCUT2D eigenvalue weighted by Crippen LogP contribution is 1.98. The molecule has 0 saturated heterocycles. The molecule has 0 atom stereocenters. The first kappa shape index (κ1) is 21.9. The molecule has 0 aliphatic rings. The SMILES string of the molecule is C/C=C\C=C(/C)CNCc1ccccc1.CC.CCCC. The van der Waals surface area contributed by atoms with Crippen molar-refractivity contribution in [1.29, 1.82) is 0 Å². The highest BCUT2D eigenvalue weighted by Gasteiger charge is 1.90. The Morgan fingerprint density at radius 1 is 1.05 bits per heavy atom. The van der Waals surface area contributed by atoms with Crippen molar-refractivity contribution in [3.05, 3.63) is 59.7 Å². The first-order chi connectivity index (χ1) is 10.2. The smallest absolute Gasteiger partial charge is 0.0208 e. The molecule has 120 valence electrons. The summed E-state index contributed by atoms with van der Waals surface area (Å²) in [7, 11) is 0. The Balaban J connectivity index is 0. The quantitative estimate of drug-likeness (QED) is 0.621. The van der Waals surface area contributed by atoms with Crippen LogP contribution >= 0.6 is 0 Å². The minimum absolute atomic E-state index is 0.932. The Kier molecular flexibility index (Phi) is 19.5. The molecule has 0 aromatic heterocycles. The molecule has 0 aliphatic heterocycles. The second-order valence-electron chi connectivity index (χ2n) is 4.63. The minimum Gasteiger partial charge on any atom is -0.309 e. The lowest BCUT2D eigenvalue weighted by Crippen LogP contribution is -2.15. The number of allylic oxidation sites excluding steroid dienone is 3. The standard InChI is InChI=1S/C14H19N.C4H10.C2H6/c1-3-4-8-13(2)11-15-12-14-9-6-5-7-10-14;1-3-4-2;1-2/h3-10,15H,11-12H2,1-2H3;3-4H2,1-2H3;1-2H3/b4-3-,13-8+;;. The van der Waals surface area contributed by atoms with E-state index in [1.807, 2.05) is 32.9 Å². The monoisotopic (exact) mass is 289 g/mol. The van der Waals surface area contributed by atoms with Crippen LogP contribution in [0.4, 0.5) is 0 Å². The molecular formula is C20H35N. The average molecular weight is 290 g/mol. The molecule has 1 heteroatoms. The summed E-state index contributed by atoms with van der Waals surface area (Å²) < 4.78 is 0. The molecule has 1 rings (SSSR count). The molecule has 0 unspecified atom stereocenters. The van der Waals surface area contributed by atoms with Crippen molar-refractivity contribution in [1.82, 2.24) is 5.32 Å². The number of hydrogen-bond acceptors (Lipinski definition) is 1. The van der Waals surface area contributed by atoms with Gasteiger partial charge >= 0.3 is 0 Å². The van der Waals surface area contributed by atoms with E-state index in [0.717, 1.165) is 13.1 Å². The molecule has 0 fully saturated rings. The summed E-state index contributed by atoms with van der Waals surface area (Å²) in [5, 5.41) is 3.41. The topological polar surface area (TPSA) is 12.0 Å². The fourth-order valence-electron chi connectivity index (χ4n) is 1.32. The van der Waals surface area contributed by atoms with Gasteiger partial charge in [0.2, 0.25) is 0 Å². The van der Waals surface area contributed by atoms with Crippen LogP contribution in [-0.2, 0) is 6.54 Å². The van der Waals surface area contributed by atoms with E-state index in [2.05, 4.69) is 62.5 Å². The van der Waals surface area contributed by atoms with Crippen LogP contribution in [0.5, 0.6) is 0 Å². The predicted molar refractivity (Wildman–Crippen MR) is 98.6 cm³/mol. The molecule has 0 heterocycles. The van der Waals surface area contributed by atoms with Crippen molar-refractivity contribution in [2.45, 2.75) is 60.9 Å². The van der Waals surface area contributed by atoms with Gasteiger partial charge < -0.3 is 5.32 Å².